The van der Waals surface area contributed by atoms with E-state index in [-0.39, 0.29) is 11.8 Å². The van der Waals surface area contributed by atoms with Crippen molar-refractivity contribution in [1.82, 2.24) is 14.4 Å². The van der Waals surface area contributed by atoms with Crippen LogP contribution >= 0.6 is 11.3 Å². The van der Waals surface area contributed by atoms with E-state index < -0.39 is 0 Å². The first kappa shape index (κ1) is 22.9. The minimum Gasteiger partial charge on any atom is -0.497 e. The van der Waals surface area contributed by atoms with Gasteiger partial charge in [0.25, 0.3) is 11.8 Å². The van der Waals surface area contributed by atoms with Gasteiger partial charge in [-0.25, -0.2) is 0 Å². The summed E-state index contributed by atoms with van der Waals surface area (Å²) in [6.07, 6.45) is 0. The van der Waals surface area contributed by atoms with Gasteiger partial charge in [0.1, 0.15) is 5.75 Å². The number of benzene rings is 2. The van der Waals surface area contributed by atoms with Crippen molar-refractivity contribution in [2.24, 2.45) is 0 Å². The third-order valence-electron chi connectivity index (χ3n) is 6.44. The summed E-state index contributed by atoms with van der Waals surface area (Å²) in [7, 11) is 1.65. The molecular formula is C28H27N3O3S. The summed E-state index contributed by atoms with van der Waals surface area (Å²) < 4.78 is 7.57. The van der Waals surface area contributed by atoms with E-state index in [1.54, 1.807) is 7.11 Å². The van der Waals surface area contributed by atoms with Crippen molar-refractivity contribution in [3.63, 3.8) is 0 Å². The Hall–Kier alpha value is -3.84. The summed E-state index contributed by atoms with van der Waals surface area (Å²) in [6.45, 7) is 4.08. The fourth-order valence-corrected chi connectivity index (χ4v) is 5.26. The Labute approximate surface area is 209 Å². The van der Waals surface area contributed by atoms with Crippen molar-refractivity contribution >= 4 is 23.2 Å². The number of nitrogens with zero attached hydrogens (tertiary/aromatic N) is 3. The van der Waals surface area contributed by atoms with Crippen LogP contribution in [-0.4, -0.2) is 59.5 Å². The minimum absolute atomic E-state index is 0.00968. The number of hydrogen-bond donors (Lipinski definition) is 0. The van der Waals surface area contributed by atoms with E-state index in [1.165, 1.54) is 11.3 Å². The maximum atomic E-state index is 13.7. The molecule has 0 spiro atoms. The first-order valence-corrected chi connectivity index (χ1v) is 12.5. The van der Waals surface area contributed by atoms with Crippen molar-refractivity contribution in [3.05, 3.63) is 94.3 Å². The van der Waals surface area contributed by atoms with E-state index in [0.29, 0.717) is 31.7 Å². The minimum atomic E-state index is -0.00968. The molecule has 5 rings (SSSR count). The molecule has 0 unspecified atom stereocenters. The lowest BCUT2D eigenvalue weighted by Gasteiger charge is -2.34. The van der Waals surface area contributed by atoms with Crippen LogP contribution in [0.3, 0.4) is 0 Å². The SMILES string of the molecule is COc1cccc(-c2cc(C(=O)N3CCN(C(=O)c4cccs4)CC3)c(C)n2-c2ccccc2)c1. The highest BCUT2D eigenvalue weighted by molar-refractivity contribution is 7.12. The molecule has 6 nitrogen and oxygen atoms in total. The second-order valence-electron chi connectivity index (χ2n) is 8.49. The summed E-state index contributed by atoms with van der Waals surface area (Å²) in [5.74, 6) is 0.795. The number of methoxy groups -OCH3 is 1. The van der Waals surface area contributed by atoms with Gasteiger partial charge in [0.05, 0.1) is 23.2 Å². The molecule has 4 aromatic rings. The van der Waals surface area contributed by atoms with Crippen molar-refractivity contribution in [3.8, 4) is 22.7 Å². The fraction of sp³-hybridized carbons (Fsp3) is 0.214. The molecule has 35 heavy (non-hydrogen) atoms. The van der Waals surface area contributed by atoms with Crippen molar-refractivity contribution in [1.29, 1.82) is 0 Å². The molecule has 0 bridgehead atoms. The lowest BCUT2D eigenvalue weighted by molar-refractivity contribution is 0.0537. The summed E-state index contributed by atoms with van der Waals surface area (Å²) in [4.78, 5) is 30.8. The van der Waals surface area contributed by atoms with Gasteiger partial charge in [0.2, 0.25) is 0 Å². The average molecular weight is 486 g/mol. The Balaban J connectivity index is 1.44. The van der Waals surface area contributed by atoms with E-state index in [0.717, 1.165) is 33.3 Å². The number of piperazine rings is 1. The van der Waals surface area contributed by atoms with Gasteiger partial charge in [0.15, 0.2) is 0 Å². The molecular weight excluding hydrogens is 458 g/mol. The first-order chi connectivity index (χ1) is 17.1. The van der Waals surface area contributed by atoms with E-state index in [9.17, 15) is 9.59 Å². The molecule has 1 aliphatic heterocycles. The number of carbonyl (C=O) groups excluding carboxylic acids is 2. The van der Waals surface area contributed by atoms with E-state index >= 15 is 0 Å². The van der Waals surface area contributed by atoms with E-state index in [2.05, 4.69) is 4.57 Å². The quantitative estimate of drug-likeness (QED) is 0.394. The molecule has 1 saturated heterocycles. The molecule has 1 fully saturated rings. The number of amides is 2. The third-order valence-corrected chi connectivity index (χ3v) is 7.30. The Morgan fingerprint density at radius 1 is 0.829 bits per heavy atom. The fourth-order valence-electron chi connectivity index (χ4n) is 4.57. The molecule has 0 N–H and O–H groups in total. The lowest BCUT2D eigenvalue weighted by Crippen LogP contribution is -2.50. The van der Waals surface area contributed by atoms with Gasteiger partial charge in [-0.1, -0.05) is 36.4 Å². The highest BCUT2D eigenvalue weighted by Gasteiger charge is 2.28. The zero-order valence-corrected chi connectivity index (χ0v) is 20.6. The Bertz CT molecular complexity index is 1340. The van der Waals surface area contributed by atoms with E-state index in [4.69, 9.17) is 4.74 Å². The number of hydrogen-bond acceptors (Lipinski definition) is 4. The summed E-state index contributed by atoms with van der Waals surface area (Å²) >= 11 is 1.45. The third kappa shape index (κ3) is 4.47. The highest BCUT2D eigenvalue weighted by Crippen LogP contribution is 2.32. The molecule has 3 heterocycles. The monoisotopic (exact) mass is 485 g/mol. The number of thiophene rings is 1. The van der Waals surface area contributed by atoms with Gasteiger partial charge in [-0.2, -0.15) is 0 Å². The zero-order valence-electron chi connectivity index (χ0n) is 19.8. The van der Waals surface area contributed by atoms with Gasteiger partial charge in [-0.3, -0.25) is 9.59 Å². The second-order valence-corrected chi connectivity index (χ2v) is 9.44. The predicted octanol–water partition coefficient (Wildman–Crippen LogP) is 5.12. The van der Waals surface area contributed by atoms with Crippen molar-refractivity contribution < 1.29 is 14.3 Å². The van der Waals surface area contributed by atoms with Gasteiger partial charge in [-0.05, 0) is 48.7 Å². The van der Waals surface area contributed by atoms with Gasteiger partial charge < -0.3 is 19.1 Å². The van der Waals surface area contributed by atoms with Crippen LogP contribution in [0.15, 0.2) is 78.2 Å². The maximum Gasteiger partial charge on any atom is 0.264 e. The first-order valence-electron chi connectivity index (χ1n) is 11.6. The molecule has 2 amide bonds. The lowest BCUT2D eigenvalue weighted by atomic mass is 10.1. The Morgan fingerprint density at radius 2 is 1.54 bits per heavy atom. The van der Waals surface area contributed by atoms with Crippen LogP contribution in [0, 0.1) is 6.92 Å². The van der Waals surface area contributed by atoms with Crippen LogP contribution in [0.2, 0.25) is 0 Å². The number of para-hydroxylation sites is 1. The Kier molecular flexibility index (Phi) is 6.42. The number of rotatable bonds is 5. The standard InChI is InChI=1S/C28H27N3O3S/c1-20-24(27(32)29-13-15-30(16-14-29)28(33)26-12-7-17-35-26)19-25(21-8-6-11-23(18-21)34-2)31(20)22-9-4-3-5-10-22/h3-12,17-19H,13-16H2,1-2H3. The molecule has 178 valence electrons. The topological polar surface area (TPSA) is 54.8 Å². The van der Waals surface area contributed by atoms with Crippen LogP contribution in [0.4, 0.5) is 0 Å². The van der Waals surface area contributed by atoms with E-state index in [1.807, 2.05) is 94.9 Å². The predicted molar refractivity (Wildman–Crippen MR) is 139 cm³/mol. The van der Waals surface area contributed by atoms with Crippen LogP contribution < -0.4 is 4.74 Å². The molecule has 2 aromatic carbocycles. The summed E-state index contributed by atoms with van der Waals surface area (Å²) in [5.41, 5.74) is 4.46. The Morgan fingerprint density at radius 3 is 2.20 bits per heavy atom. The maximum absolute atomic E-state index is 13.7. The van der Waals surface area contributed by atoms with Crippen molar-refractivity contribution in [2.45, 2.75) is 6.92 Å². The van der Waals surface area contributed by atoms with Crippen LogP contribution in [0.25, 0.3) is 16.9 Å². The molecule has 0 saturated carbocycles. The van der Waals surface area contributed by atoms with Gasteiger partial charge >= 0.3 is 0 Å². The van der Waals surface area contributed by atoms with Crippen LogP contribution in [-0.2, 0) is 0 Å². The van der Waals surface area contributed by atoms with Crippen LogP contribution in [0.5, 0.6) is 5.75 Å². The molecule has 2 aromatic heterocycles. The van der Waals surface area contributed by atoms with Gasteiger partial charge in [-0.15, -0.1) is 11.3 Å². The molecule has 0 aliphatic carbocycles. The molecule has 7 heteroatoms. The molecule has 1 aliphatic rings. The van der Waals surface area contributed by atoms with Gasteiger partial charge in [0, 0.05) is 43.1 Å². The largest absolute Gasteiger partial charge is 0.497 e. The normalized spacial score (nSPS) is 13.7. The average Bonchev–Trinajstić information content (AvgIpc) is 3.57. The second kappa shape index (κ2) is 9.80. The highest BCUT2D eigenvalue weighted by atomic mass is 32.1. The molecule has 0 atom stereocenters. The zero-order chi connectivity index (χ0) is 24.4. The number of carbonyl (C=O) groups is 2. The van der Waals surface area contributed by atoms with Crippen molar-refractivity contribution in [2.75, 3.05) is 33.3 Å². The summed E-state index contributed by atoms with van der Waals surface area (Å²) in [5, 5.41) is 1.91. The van der Waals surface area contributed by atoms with Crippen LogP contribution in [0.1, 0.15) is 25.7 Å². The molecule has 0 radical (unpaired) electrons. The summed E-state index contributed by atoms with van der Waals surface area (Å²) in [6, 6.07) is 23.6. The number of aromatic nitrogens is 1. The number of ether oxygens (including phenoxy) is 1. The smallest absolute Gasteiger partial charge is 0.264 e.